The highest BCUT2D eigenvalue weighted by Gasteiger charge is 2.20. The zero-order valence-electron chi connectivity index (χ0n) is 27.5. The molecule has 2 aromatic heterocycles. The molecule has 49 heavy (non-hydrogen) atoms. The first-order chi connectivity index (χ1) is 24.0. The van der Waals surface area contributed by atoms with Crippen LogP contribution < -0.4 is 4.90 Å². The lowest BCUT2D eigenvalue weighted by molar-refractivity contribution is 0.584. The summed E-state index contributed by atoms with van der Waals surface area (Å²) >= 11 is 0. The zero-order valence-corrected chi connectivity index (χ0v) is 27.5. The third kappa shape index (κ3) is 5.85. The van der Waals surface area contributed by atoms with Gasteiger partial charge < -0.3 is 9.32 Å². The minimum Gasteiger partial charge on any atom is -0.416 e. The van der Waals surface area contributed by atoms with Crippen molar-refractivity contribution >= 4 is 28.1 Å². The normalized spacial score (nSPS) is 11.2. The molecule has 0 unspecified atom stereocenters. The molecule has 6 aromatic carbocycles. The summed E-state index contributed by atoms with van der Waals surface area (Å²) in [5.41, 5.74) is 14.1. The molecule has 0 aliphatic rings. The van der Waals surface area contributed by atoms with Gasteiger partial charge in [-0.25, -0.2) is 9.97 Å². The van der Waals surface area contributed by atoms with Crippen LogP contribution in [0.15, 0.2) is 150 Å². The predicted octanol–water partition coefficient (Wildman–Crippen LogP) is 11.1. The summed E-state index contributed by atoms with van der Waals surface area (Å²) in [7, 11) is 0. The number of fused-ring (bicyclic) bond motifs is 1. The molecule has 0 N–H and O–H groups in total. The molecular formula is C43H33N5O. The van der Waals surface area contributed by atoms with Gasteiger partial charge in [0.15, 0.2) is 0 Å². The smallest absolute Gasteiger partial charge is 0.248 e. The Morgan fingerprint density at radius 1 is 0.449 bits per heavy atom. The standard InChI is InChI=1S/C43H33N5O/c1-28-26-29(2)41(30(3)27-28)48(36-24-20-34(21-25-36)43-47-46-42(49-43)33-14-8-5-9-15-33)35-22-18-32(19-23-35)40-39(31-12-6-4-7-13-31)44-37-16-10-11-17-38(37)45-40/h4-27H,1-3H3. The molecule has 8 rings (SSSR count). The Bertz CT molecular complexity index is 2380. The Kier molecular flexibility index (Phi) is 7.74. The summed E-state index contributed by atoms with van der Waals surface area (Å²) in [5.74, 6) is 0.980. The van der Waals surface area contributed by atoms with Gasteiger partial charge in [0, 0.05) is 33.6 Å². The number of rotatable bonds is 7. The Balaban J connectivity index is 1.20. The van der Waals surface area contributed by atoms with E-state index in [2.05, 4.69) is 96.5 Å². The molecule has 8 aromatic rings. The molecule has 0 aliphatic carbocycles. The third-order valence-electron chi connectivity index (χ3n) is 8.69. The van der Waals surface area contributed by atoms with Crippen molar-refractivity contribution < 1.29 is 4.42 Å². The van der Waals surface area contributed by atoms with Crippen molar-refractivity contribution in [1.82, 2.24) is 20.2 Å². The summed E-state index contributed by atoms with van der Waals surface area (Å²) in [6, 6.07) is 49.5. The summed E-state index contributed by atoms with van der Waals surface area (Å²) < 4.78 is 6.05. The maximum Gasteiger partial charge on any atom is 0.248 e. The molecule has 2 heterocycles. The van der Waals surface area contributed by atoms with Gasteiger partial charge in [0.05, 0.1) is 28.1 Å². The Labute approximate surface area is 285 Å². The largest absolute Gasteiger partial charge is 0.416 e. The predicted molar refractivity (Wildman–Crippen MR) is 198 cm³/mol. The van der Waals surface area contributed by atoms with Gasteiger partial charge in [-0.05, 0) is 92.6 Å². The lowest BCUT2D eigenvalue weighted by atomic mass is 10.0. The molecule has 6 heteroatoms. The first kappa shape index (κ1) is 30.0. The molecule has 0 amide bonds. The first-order valence-corrected chi connectivity index (χ1v) is 16.3. The molecule has 0 atom stereocenters. The second-order valence-corrected chi connectivity index (χ2v) is 12.2. The monoisotopic (exact) mass is 635 g/mol. The molecule has 0 fully saturated rings. The van der Waals surface area contributed by atoms with Crippen LogP contribution in [0.3, 0.4) is 0 Å². The van der Waals surface area contributed by atoms with Gasteiger partial charge in [-0.1, -0.05) is 90.5 Å². The molecule has 6 nitrogen and oxygen atoms in total. The van der Waals surface area contributed by atoms with E-state index < -0.39 is 0 Å². The van der Waals surface area contributed by atoms with Crippen LogP contribution in [0.25, 0.3) is 56.5 Å². The van der Waals surface area contributed by atoms with Crippen LogP contribution in [0.4, 0.5) is 17.1 Å². The van der Waals surface area contributed by atoms with Crippen LogP contribution >= 0.6 is 0 Å². The molecule has 0 saturated carbocycles. The van der Waals surface area contributed by atoms with Gasteiger partial charge in [-0.15, -0.1) is 10.2 Å². The quantitative estimate of drug-likeness (QED) is 0.174. The van der Waals surface area contributed by atoms with Crippen LogP contribution in [0, 0.1) is 20.8 Å². The molecule has 0 radical (unpaired) electrons. The fourth-order valence-corrected chi connectivity index (χ4v) is 6.49. The second-order valence-electron chi connectivity index (χ2n) is 12.2. The van der Waals surface area contributed by atoms with Gasteiger partial charge in [0.1, 0.15) is 0 Å². The van der Waals surface area contributed by atoms with Crippen molar-refractivity contribution in [2.24, 2.45) is 0 Å². The van der Waals surface area contributed by atoms with Gasteiger partial charge in [0.25, 0.3) is 0 Å². The Morgan fingerprint density at radius 3 is 1.37 bits per heavy atom. The van der Waals surface area contributed by atoms with Crippen LogP contribution in [-0.2, 0) is 0 Å². The van der Waals surface area contributed by atoms with Crippen LogP contribution in [0.5, 0.6) is 0 Å². The van der Waals surface area contributed by atoms with Crippen molar-refractivity contribution in [3.8, 4) is 45.4 Å². The van der Waals surface area contributed by atoms with E-state index in [1.165, 1.54) is 16.7 Å². The average molecular weight is 636 g/mol. The molecular weight excluding hydrogens is 603 g/mol. The third-order valence-corrected chi connectivity index (χ3v) is 8.69. The van der Waals surface area contributed by atoms with Crippen LogP contribution in [0.1, 0.15) is 16.7 Å². The topological polar surface area (TPSA) is 67.9 Å². The van der Waals surface area contributed by atoms with E-state index in [0.29, 0.717) is 11.8 Å². The van der Waals surface area contributed by atoms with Crippen LogP contribution in [-0.4, -0.2) is 20.2 Å². The maximum atomic E-state index is 6.05. The van der Waals surface area contributed by atoms with Gasteiger partial charge >= 0.3 is 0 Å². The Morgan fingerprint density at radius 2 is 0.857 bits per heavy atom. The highest BCUT2D eigenvalue weighted by atomic mass is 16.4. The molecule has 236 valence electrons. The van der Waals surface area contributed by atoms with Crippen LogP contribution in [0.2, 0.25) is 0 Å². The van der Waals surface area contributed by atoms with E-state index in [1.807, 2.05) is 84.9 Å². The number of hydrogen-bond acceptors (Lipinski definition) is 6. The zero-order chi connectivity index (χ0) is 33.3. The van der Waals surface area contributed by atoms with Gasteiger partial charge in [-0.3, -0.25) is 0 Å². The summed E-state index contributed by atoms with van der Waals surface area (Å²) in [6.45, 7) is 6.48. The number of benzene rings is 6. The lowest BCUT2D eigenvalue weighted by Crippen LogP contribution is -2.13. The molecule has 0 saturated heterocycles. The number of hydrogen-bond donors (Lipinski definition) is 0. The van der Waals surface area contributed by atoms with Crippen molar-refractivity contribution in [2.75, 3.05) is 4.90 Å². The van der Waals surface area contributed by atoms with E-state index in [4.69, 9.17) is 14.4 Å². The van der Waals surface area contributed by atoms with E-state index in [-0.39, 0.29) is 0 Å². The number of aryl methyl sites for hydroxylation is 3. The van der Waals surface area contributed by atoms with Crippen molar-refractivity contribution in [1.29, 1.82) is 0 Å². The summed E-state index contributed by atoms with van der Waals surface area (Å²) in [6.07, 6.45) is 0. The van der Waals surface area contributed by atoms with Crippen molar-refractivity contribution in [2.45, 2.75) is 20.8 Å². The maximum absolute atomic E-state index is 6.05. The first-order valence-electron chi connectivity index (χ1n) is 16.3. The van der Waals surface area contributed by atoms with E-state index in [9.17, 15) is 0 Å². The molecule has 0 spiro atoms. The summed E-state index contributed by atoms with van der Waals surface area (Å²) in [4.78, 5) is 12.5. The average Bonchev–Trinajstić information content (AvgIpc) is 3.64. The highest BCUT2D eigenvalue weighted by Crippen LogP contribution is 2.41. The fraction of sp³-hybridized carbons (Fsp3) is 0.0698. The number of anilines is 3. The molecule has 0 bridgehead atoms. The lowest BCUT2D eigenvalue weighted by Gasteiger charge is -2.29. The van der Waals surface area contributed by atoms with Gasteiger partial charge in [-0.2, -0.15) is 0 Å². The summed E-state index contributed by atoms with van der Waals surface area (Å²) in [5, 5.41) is 8.62. The number of nitrogens with zero attached hydrogens (tertiary/aromatic N) is 5. The van der Waals surface area contributed by atoms with E-state index in [1.54, 1.807) is 0 Å². The number of aromatic nitrogens is 4. The number of para-hydroxylation sites is 2. The van der Waals surface area contributed by atoms with E-state index in [0.717, 1.165) is 61.7 Å². The molecule has 0 aliphatic heterocycles. The second kappa shape index (κ2) is 12.7. The minimum atomic E-state index is 0.481. The van der Waals surface area contributed by atoms with Crippen molar-refractivity contribution in [3.63, 3.8) is 0 Å². The van der Waals surface area contributed by atoms with Gasteiger partial charge in [0.2, 0.25) is 11.8 Å². The highest BCUT2D eigenvalue weighted by molar-refractivity contribution is 5.88. The Hall–Kier alpha value is -6.40. The van der Waals surface area contributed by atoms with E-state index >= 15 is 0 Å². The fourth-order valence-electron chi connectivity index (χ4n) is 6.49. The minimum absolute atomic E-state index is 0.481. The SMILES string of the molecule is Cc1cc(C)c(N(c2ccc(-c3nnc(-c4ccccc4)o3)cc2)c2ccc(-c3nc4ccccc4nc3-c3ccccc3)cc2)c(C)c1. The van der Waals surface area contributed by atoms with Crippen molar-refractivity contribution in [3.05, 3.63) is 162 Å².